The fraction of sp³-hybridized carbons (Fsp3) is 0.667. The first-order valence-electron chi connectivity index (χ1n) is 5.04. The van der Waals surface area contributed by atoms with Gasteiger partial charge in [-0.3, -0.25) is 0 Å². The number of rotatable bonds is 6. The van der Waals surface area contributed by atoms with Crippen molar-refractivity contribution >= 4 is 0 Å². The summed E-state index contributed by atoms with van der Waals surface area (Å²) in [6.07, 6.45) is 2.29. The fourth-order valence-electron chi connectivity index (χ4n) is 1.30. The highest BCUT2D eigenvalue weighted by Crippen LogP contribution is 2.16. The van der Waals surface area contributed by atoms with E-state index in [9.17, 15) is 0 Å². The highest BCUT2D eigenvalue weighted by atomic mass is 14.9. The second kappa shape index (κ2) is 5.85. The molecular weight excluding hydrogens is 158 g/mol. The molecule has 0 saturated carbocycles. The first-order chi connectivity index (χ1) is 5.97. The lowest BCUT2D eigenvalue weighted by atomic mass is 9.94. The Balaban J connectivity index is 3.97. The average molecular weight is 181 g/mol. The average Bonchev–Trinajstić information content (AvgIpc) is 2.02. The van der Waals surface area contributed by atoms with Gasteiger partial charge in [0.2, 0.25) is 0 Å². The molecule has 0 aromatic heterocycles. The van der Waals surface area contributed by atoms with Gasteiger partial charge in [-0.05, 0) is 32.6 Å². The molecule has 0 aromatic rings. The first kappa shape index (κ1) is 12.3. The van der Waals surface area contributed by atoms with Crippen molar-refractivity contribution in [3.8, 4) is 0 Å². The lowest BCUT2D eigenvalue weighted by Gasteiger charge is -2.22. The summed E-state index contributed by atoms with van der Waals surface area (Å²) < 4.78 is 0. The normalized spacial score (nSPS) is 14.8. The number of hydrogen-bond acceptors (Lipinski definition) is 1. The Bertz CT molecular complexity index is 182. The summed E-state index contributed by atoms with van der Waals surface area (Å²) in [6.45, 7) is 16.4. The molecule has 13 heavy (non-hydrogen) atoms. The van der Waals surface area contributed by atoms with E-state index >= 15 is 0 Å². The molecule has 1 heteroatoms. The predicted octanol–water partition coefficient (Wildman–Crippen LogP) is 3.49. The van der Waals surface area contributed by atoms with Crippen molar-refractivity contribution in [1.29, 1.82) is 0 Å². The van der Waals surface area contributed by atoms with Crippen LogP contribution in [-0.4, -0.2) is 6.04 Å². The lowest BCUT2D eigenvalue weighted by molar-refractivity contribution is 0.449. The van der Waals surface area contributed by atoms with Crippen LogP contribution in [0.25, 0.3) is 0 Å². The summed E-state index contributed by atoms with van der Waals surface area (Å²) in [5.41, 5.74) is 2.32. The van der Waals surface area contributed by atoms with Gasteiger partial charge in [-0.1, -0.05) is 32.6 Å². The van der Waals surface area contributed by atoms with E-state index in [0.29, 0.717) is 12.0 Å². The maximum absolute atomic E-state index is 3.97. The Morgan fingerprint density at radius 1 is 1.31 bits per heavy atom. The van der Waals surface area contributed by atoms with Crippen molar-refractivity contribution in [2.24, 2.45) is 5.92 Å². The largest absolute Gasteiger partial charge is 0.386 e. The standard InChI is InChI=1S/C12H23N/c1-7-12(13-10(4)5)8-11(6)9(2)3/h11-13H,2,4,7-8H2,1,3,5-6H3. The number of hydrogen-bond donors (Lipinski definition) is 1. The fourth-order valence-corrected chi connectivity index (χ4v) is 1.30. The van der Waals surface area contributed by atoms with Gasteiger partial charge >= 0.3 is 0 Å². The van der Waals surface area contributed by atoms with Crippen molar-refractivity contribution < 1.29 is 0 Å². The van der Waals surface area contributed by atoms with E-state index in [1.807, 2.05) is 6.92 Å². The van der Waals surface area contributed by atoms with Crippen molar-refractivity contribution in [1.82, 2.24) is 5.32 Å². The second-order valence-electron chi connectivity index (χ2n) is 4.01. The third-order valence-corrected chi connectivity index (χ3v) is 2.42. The van der Waals surface area contributed by atoms with Crippen LogP contribution in [0.3, 0.4) is 0 Å². The maximum Gasteiger partial charge on any atom is 0.0260 e. The van der Waals surface area contributed by atoms with E-state index in [0.717, 1.165) is 18.5 Å². The van der Waals surface area contributed by atoms with Crippen LogP contribution < -0.4 is 5.32 Å². The zero-order chi connectivity index (χ0) is 10.4. The van der Waals surface area contributed by atoms with Crippen molar-refractivity contribution in [2.45, 2.75) is 46.6 Å². The summed E-state index contributed by atoms with van der Waals surface area (Å²) in [6, 6.07) is 0.546. The Morgan fingerprint density at radius 3 is 2.15 bits per heavy atom. The molecule has 0 aliphatic carbocycles. The molecule has 1 N–H and O–H groups in total. The Morgan fingerprint density at radius 2 is 1.85 bits per heavy atom. The van der Waals surface area contributed by atoms with Crippen LogP contribution in [0.1, 0.15) is 40.5 Å². The Labute approximate surface area is 82.9 Å². The van der Waals surface area contributed by atoms with Gasteiger partial charge in [0, 0.05) is 11.7 Å². The van der Waals surface area contributed by atoms with Gasteiger partial charge in [-0.2, -0.15) is 0 Å². The van der Waals surface area contributed by atoms with Gasteiger partial charge in [-0.25, -0.2) is 0 Å². The first-order valence-corrected chi connectivity index (χ1v) is 5.04. The van der Waals surface area contributed by atoms with Gasteiger partial charge in [0.25, 0.3) is 0 Å². The van der Waals surface area contributed by atoms with E-state index in [2.05, 4.69) is 39.2 Å². The lowest BCUT2D eigenvalue weighted by Crippen LogP contribution is -2.28. The molecule has 2 atom stereocenters. The summed E-state index contributed by atoms with van der Waals surface area (Å²) in [7, 11) is 0. The summed E-state index contributed by atoms with van der Waals surface area (Å²) >= 11 is 0. The molecule has 0 spiro atoms. The van der Waals surface area contributed by atoms with Crippen molar-refractivity contribution in [2.75, 3.05) is 0 Å². The third-order valence-electron chi connectivity index (χ3n) is 2.42. The summed E-state index contributed by atoms with van der Waals surface area (Å²) in [5.74, 6) is 0.594. The Hall–Kier alpha value is -0.720. The van der Waals surface area contributed by atoms with Gasteiger partial charge < -0.3 is 5.32 Å². The molecule has 0 amide bonds. The van der Waals surface area contributed by atoms with Gasteiger partial charge in [0.1, 0.15) is 0 Å². The van der Waals surface area contributed by atoms with Crippen LogP contribution in [-0.2, 0) is 0 Å². The van der Waals surface area contributed by atoms with Crippen LogP contribution in [0.5, 0.6) is 0 Å². The molecular formula is C12H23N. The molecule has 0 rings (SSSR count). The van der Waals surface area contributed by atoms with Crippen molar-refractivity contribution in [3.05, 3.63) is 24.4 Å². The minimum atomic E-state index is 0.546. The van der Waals surface area contributed by atoms with E-state index in [4.69, 9.17) is 0 Å². The van der Waals surface area contributed by atoms with Crippen LogP contribution in [0, 0.1) is 5.92 Å². The SMILES string of the molecule is C=C(C)NC(CC)CC(C)C(=C)C. The topological polar surface area (TPSA) is 12.0 Å². The van der Waals surface area contributed by atoms with Crippen molar-refractivity contribution in [3.63, 3.8) is 0 Å². The van der Waals surface area contributed by atoms with Crippen LogP contribution in [0.4, 0.5) is 0 Å². The van der Waals surface area contributed by atoms with E-state index < -0.39 is 0 Å². The molecule has 0 heterocycles. The molecule has 0 aromatic carbocycles. The second-order valence-corrected chi connectivity index (χ2v) is 4.01. The van der Waals surface area contributed by atoms with E-state index in [1.54, 1.807) is 0 Å². The summed E-state index contributed by atoms with van der Waals surface area (Å²) in [5, 5.41) is 3.38. The molecule has 1 nitrogen and oxygen atoms in total. The monoisotopic (exact) mass is 181 g/mol. The minimum Gasteiger partial charge on any atom is -0.386 e. The molecule has 0 saturated heterocycles. The molecule has 0 bridgehead atoms. The quantitative estimate of drug-likeness (QED) is 0.618. The molecule has 0 aliphatic rings. The van der Waals surface area contributed by atoms with Crippen LogP contribution >= 0.6 is 0 Å². The van der Waals surface area contributed by atoms with Crippen LogP contribution in [0.2, 0.25) is 0 Å². The highest BCUT2D eigenvalue weighted by Gasteiger charge is 2.10. The number of nitrogens with one attached hydrogen (secondary N) is 1. The van der Waals surface area contributed by atoms with E-state index in [-0.39, 0.29) is 0 Å². The molecule has 0 aliphatic heterocycles. The molecule has 76 valence electrons. The maximum atomic E-state index is 3.97. The molecule has 0 fully saturated rings. The Kier molecular flexibility index (Phi) is 5.52. The number of allylic oxidation sites excluding steroid dienone is 2. The third kappa shape index (κ3) is 5.51. The molecule has 0 radical (unpaired) electrons. The minimum absolute atomic E-state index is 0.546. The van der Waals surface area contributed by atoms with Gasteiger partial charge in [0.05, 0.1) is 0 Å². The zero-order valence-electron chi connectivity index (χ0n) is 9.48. The summed E-state index contributed by atoms with van der Waals surface area (Å²) in [4.78, 5) is 0. The van der Waals surface area contributed by atoms with Gasteiger partial charge in [0.15, 0.2) is 0 Å². The zero-order valence-corrected chi connectivity index (χ0v) is 9.48. The molecule has 2 unspecified atom stereocenters. The van der Waals surface area contributed by atoms with Gasteiger partial charge in [-0.15, -0.1) is 0 Å². The smallest absolute Gasteiger partial charge is 0.0260 e. The van der Waals surface area contributed by atoms with E-state index in [1.165, 1.54) is 5.57 Å². The van der Waals surface area contributed by atoms with Crippen LogP contribution in [0.15, 0.2) is 24.4 Å². The predicted molar refractivity (Wildman–Crippen MR) is 60.6 cm³/mol. The highest BCUT2D eigenvalue weighted by molar-refractivity contribution is 4.97.